The highest BCUT2D eigenvalue weighted by Crippen LogP contribution is 2.40. The average molecular weight is 463 g/mol. The zero-order valence-corrected chi connectivity index (χ0v) is 19.3. The van der Waals surface area contributed by atoms with Crippen molar-refractivity contribution in [1.29, 1.82) is 0 Å². The third-order valence-electron chi connectivity index (χ3n) is 5.77. The molecule has 1 fully saturated rings. The number of primary amides is 1. The fourth-order valence-electron chi connectivity index (χ4n) is 4.05. The van der Waals surface area contributed by atoms with Crippen molar-refractivity contribution >= 4 is 39.9 Å². The van der Waals surface area contributed by atoms with Crippen molar-refractivity contribution in [3.05, 3.63) is 50.9 Å². The van der Waals surface area contributed by atoms with Crippen LogP contribution >= 0.6 is 22.9 Å². The van der Waals surface area contributed by atoms with Crippen molar-refractivity contribution in [2.24, 2.45) is 5.73 Å². The standard InChI is InChI=1S/C22H27ClN4O3S/c1-22(2)11-15-17(13-30-22)31-20(18(15)19(24)28)25-21(29)27-9-7-26(8-10-27)12-14-5-3-4-6-16(14)23/h3-6H,7-13H2,1-2H3,(H2,24,28)(H,25,29). The number of benzene rings is 1. The van der Waals surface area contributed by atoms with Crippen molar-refractivity contribution in [2.75, 3.05) is 31.5 Å². The van der Waals surface area contributed by atoms with E-state index in [4.69, 9.17) is 22.1 Å². The SMILES string of the molecule is CC1(C)Cc2c(sc(NC(=O)N3CCN(Cc4ccccc4Cl)CC3)c2C(N)=O)CO1. The summed E-state index contributed by atoms with van der Waals surface area (Å²) in [5.41, 5.74) is 7.71. The van der Waals surface area contributed by atoms with E-state index in [1.54, 1.807) is 4.90 Å². The van der Waals surface area contributed by atoms with E-state index in [9.17, 15) is 9.59 Å². The van der Waals surface area contributed by atoms with Gasteiger partial charge in [-0.2, -0.15) is 0 Å². The molecule has 4 rings (SSSR count). The highest BCUT2D eigenvalue weighted by atomic mass is 35.5. The van der Waals surface area contributed by atoms with Crippen LogP contribution in [0.3, 0.4) is 0 Å². The van der Waals surface area contributed by atoms with Gasteiger partial charge in [-0.05, 0) is 31.0 Å². The Labute approximate surface area is 191 Å². The molecule has 3 N–H and O–H groups in total. The van der Waals surface area contributed by atoms with Gasteiger partial charge in [0.15, 0.2) is 0 Å². The second-order valence-corrected chi connectivity index (χ2v) is 10.1. The number of thiophene rings is 1. The Hall–Kier alpha value is -2.13. The minimum absolute atomic E-state index is 0.210. The lowest BCUT2D eigenvalue weighted by atomic mass is 9.93. The maximum atomic E-state index is 12.9. The molecule has 1 aromatic heterocycles. The van der Waals surface area contributed by atoms with Crippen LogP contribution in [-0.2, 0) is 24.3 Å². The number of fused-ring (bicyclic) bond motifs is 1. The zero-order valence-electron chi connectivity index (χ0n) is 17.7. The van der Waals surface area contributed by atoms with Gasteiger partial charge in [-0.1, -0.05) is 29.8 Å². The lowest BCUT2D eigenvalue weighted by Crippen LogP contribution is -2.49. The van der Waals surface area contributed by atoms with Gasteiger partial charge in [0.2, 0.25) is 0 Å². The van der Waals surface area contributed by atoms with Crippen LogP contribution in [0.25, 0.3) is 0 Å². The number of hydrogen-bond donors (Lipinski definition) is 2. The Balaban J connectivity index is 1.40. The van der Waals surface area contributed by atoms with E-state index in [2.05, 4.69) is 10.2 Å². The Morgan fingerprint density at radius 2 is 1.94 bits per heavy atom. The van der Waals surface area contributed by atoms with Crippen LogP contribution in [0.15, 0.2) is 24.3 Å². The highest BCUT2D eigenvalue weighted by molar-refractivity contribution is 7.17. The van der Waals surface area contributed by atoms with Crippen LogP contribution < -0.4 is 11.1 Å². The number of nitrogens with two attached hydrogens (primary N) is 1. The van der Waals surface area contributed by atoms with Crippen molar-refractivity contribution in [2.45, 2.75) is 39.0 Å². The number of nitrogens with one attached hydrogen (secondary N) is 1. The molecule has 0 radical (unpaired) electrons. The number of carbonyl (C=O) groups excluding carboxylic acids is 2. The van der Waals surface area contributed by atoms with E-state index in [0.717, 1.165) is 40.7 Å². The monoisotopic (exact) mass is 462 g/mol. The molecule has 0 aliphatic carbocycles. The number of anilines is 1. The molecule has 1 aromatic carbocycles. The fourth-order valence-corrected chi connectivity index (χ4v) is 5.38. The molecule has 0 unspecified atom stereocenters. The van der Waals surface area contributed by atoms with E-state index >= 15 is 0 Å². The summed E-state index contributed by atoms with van der Waals surface area (Å²) < 4.78 is 5.85. The van der Waals surface area contributed by atoms with Crippen LogP contribution in [-0.4, -0.2) is 53.5 Å². The van der Waals surface area contributed by atoms with E-state index in [-0.39, 0.29) is 11.6 Å². The van der Waals surface area contributed by atoms with Crippen molar-refractivity contribution < 1.29 is 14.3 Å². The van der Waals surface area contributed by atoms with Gasteiger partial charge in [-0.3, -0.25) is 15.0 Å². The first kappa shape index (κ1) is 22.1. The predicted octanol–water partition coefficient (Wildman–Crippen LogP) is 3.70. The summed E-state index contributed by atoms with van der Waals surface area (Å²) >= 11 is 7.64. The number of amides is 3. The second kappa shape index (κ2) is 8.78. The molecule has 0 atom stereocenters. The molecular formula is C22H27ClN4O3S. The third kappa shape index (κ3) is 4.87. The Morgan fingerprint density at radius 3 is 2.61 bits per heavy atom. The Bertz CT molecular complexity index is 999. The topological polar surface area (TPSA) is 87.9 Å². The molecule has 0 bridgehead atoms. The zero-order chi connectivity index (χ0) is 22.2. The molecule has 0 saturated carbocycles. The Morgan fingerprint density at radius 1 is 1.23 bits per heavy atom. The van der Waals surface area contributed by atoms with E-state index in [0.29, 0.717) is 36.7 Å². The highest BCUT2D eigenvalue weighted by Gasteiger charge is 2.33. The molecule has 2 aliphatic rings. The summed E-state index contributed by atoms with van der Waals surface area (Å²) in [4.78, 5) is 30.1. The number of carbonyl (C=O) groups is 2. The van der Waals surface area contributed by atoms with Gasteiger partial charge < -0.3 is 15.4 Å². The first-order chi connectivity index (χ1) is 14.7. The number of nitrogens with zero attached hydrogens (tertiary/aromatic N) is 2. The molecule has 0 spiro atoms. The first-order valence-corrected chi connectivity index (χ1v) is 11.5. The fraction of sp³-hybridized carbons (Fsp3) is 0.455. The number of ether oxygens (including phenoxy) is 1. The van der Waals surface area contributed by atoms with E-state index in [1.807, 2.05) is 38.1 Å². The smallest absolute Gasteiger partial charge is 0.322 e. The summed E-state index contributed by atoms with van der Waals surface area (Å²) in [6, 6.07) is 7.61. The molecule has 9 heteroatoms. The quantitative estimate of drug-likeness (QED) is 0.725. The lowest BCUT2D eigenvalue weighted by molar-refractivity contribution is -0.0383. The van der Waals surface area contributed by atoms with Crippen molar-refractivity contribution in [1.82, 2.24) is 9.80 Å². The maximum Gasteiger partial charge on any atom is 0.322 e. The van der Waals surface area contributed by atoms with Gasteiger partial charge in [0, 0.05) is 49.0 Å². The summed E-state index contributed by atoms with van der Waals surface area (Å²) in [6.45, 7) is 7.86. The summed E-state index contributed by atoms with van der Waals surface area (Å²) in [5.74, 6) is -0.518. The van der Waals surface area contributed by atoms with Gasteiger partial charge in [0.05, 0.1) is 17.8 Å². The number of halogens is 1. The molecule has 7 nitrogen and oxygen atoms in total. The molecule has 2 aromatic rings. The van der Waals surface area contributed by atoms with Crippen LogP contribution in [0.5, 0.6) is 0 Å². The van der Waals surface area contributed by atoms with Gasteiger partial charge in [-0.15, -0.1) is 11.3 Å². The molecule has 3 heterocycles. The largest absolute Gasteiger partial charge is 0.370 e. The summed E-state index contributed by atoms with van der Waals surface area (Å²) in [6.07, 6.45) is 0.591. The van der Waals surface area contributed by atoms with Gasteiger partial charge in [-0.25, -0.2) is 4.79 Å². The average Bonchev–Trinajstić information content (AvgIpc) is 3.06. The molecule has 166 valence electrons. The lowest BCUT2D eigenvalue weighted by Gasteiger charge is -2.34. The first-order valence-electron chi connectivity index (χ1n) is 10.3. The van der Waals surface area contributed by atoms with Crippen LogP contribution in [0.4, 0.5) is 9.80 Å². The Kier molecular flexibility index (Phi) is 6.25. The molecule has 2 aliphatic heterocycles. The van der Waals surface area contributed by atoms with Gasteiger partial charge in [0.25, 0.3) is 5.91 Å². The molecular weight excluding hydrogens is 436 g/mol. The number of rotatable bonds is 4. The third-order valence-corrected chi connectivity index (χ3v) is 7.26. The number of hydrogen-bond acceptors (Lipinski definition) is 5. The minimum atomic E-state index is -0.518. The number of piperazine rings is 1. The molecule has 1 saturated heterocycles. The normalized spacial score (nSPS) is 18.5. The van der Waals surface area contributed by atoms with Crippen LogP contribution in [0.2, 0.25) is 5.02 Å². The predicted molar refractivity (Wildman–Crippen MR) is 123 cm³/mol. The summed E-state index contributed by atoms with van der Waals surface area (Å²) in [7, 11) is 0. The maximum absolute atomic E-state index is 12.9. The van der Waals surface area contributed by atoms with E-state index in [1.165, 1.54) is 11.3 Å². The molecule has 3 amide bonds. The number of urea groups is 1. The van der Waals surface area contributed by atoms with Crippen molar-refractivity contribution in [3.63, 3.8) is 0 Å². The molecule has 31 heavy (non-hydrogen) atoms. The van der Waals surface area contributed by atoms with Gasteiger partial charge >= 0.3 is 6.03 Å². The minimum Gasteiger partial charge on any atom is -0.370 e. The second-order valence-electron chi connectivity index (χ2n) is 8.58. The van der Waals surface area contributed by atoms with Crippen molar-refractivity contribution in [3.8, 4) is 0 Å². The summed E-state index contributed by atoms with van der Waals surface area (Å²) in [5, 5.41) is 4.21. The van der Waals surface area contributed by atoms with E-state index < -0.39 is 5.91 Å². The van der Waals surface area contributed by atoms with Gasteiger partial charge in [0.1, 0.15) is 5.00 Å². The van der Waals surface area contributed by atoms with Crippen LogP contribution in [0, 0.1) is 0 Å². The van der Waals surface area contributed by atoms with Crippen LogP contribution in [0.1, 0.15) is 40.2 Å².